The molecule has 140 valence electrons. The number of aromatic nitrogens is 1. The molecule has 1 aromatic carbocycles. The maximum absolute atomic E-state index is 12.6. The topological polar surface area (TPSA) is 42.0 Å². The van der Waals surface area contributed by atoms with Crippen LogP contribution in [0, 0.1) is 0 Å². The van der Waals surface area contributed by atoms with E-state index in [1.807, 2.05) is 30.3 Å². The zero-order valence-corrected chi connectivity index (χ0v) is 16.0. The number of thioether (sulfide) groups is 2. The number of halogens is 3. The van der Waals surface area contributed by atoms with Gasteiger partial charge in [0.25, 0.3) is 0 Å². The van der Waals surface area contributed by atoms with E-state index < -0.39 is 16.5 Å². The minimum absolute atomic E-state index is 0.183. The molecule has 0 aliphatic rings. The Morgan fingerprint density at radius 1 is 1.12 bits per heavy atom. The zero-order valence-electron chi connectivity index (χ0n) is 14.3. The van der Waals surface area contributed by atoms with E-state index in [2.05, 4.69) is 10.3 Å². The van der Waals surface area contributed by atoms with Crippen molar-refractivity contribution < 1.29 is 18.0 Å². The van der Waals surface area contributed by atoms with Gasteiger partial charge in [0.05, 0.1) is 15.3 Å². The highest BCUT2D eigenvalue weighted by Crippen LogP contribution is 2.34. The first-order chi connectivity index (χ1) is 12.2. The molecular weight excluding hydrogens is 381 g/mol. The Morgan fingerprint density at radius 3 is 2.38 bits per heavy atom. The summed E-state index contributed by atoms with van der Waals surface area (Å²) in [4.78, 5) is 17.3. The van der Waals surface area contributed by atoms with Crippen molar-refractivity contribution in [2.75, 3.05) is 12.3 Å². The number of nitrogens with zero attached hydrogens (tertiary/aromatic N) is 1. The Bertz CT molecular complexity index is 719. The van der Waals surface area contributed by atoms with Gasteiger partial charge in [-0.05, 0) is 38.1 Å². The fourth-order valence-corrected chi connectivity index (χ4v) is 3.70. The molecule has 0 saturated carbocycles. The van der Waals surface area contributed by atoms with Crippen molar-refractivity contribution in [1.29, 1.82) is 0 Å². The van der Waals surface area contributed by atoms with Gasteiger partial charge in [-0.25, -0.2) is 4.98 Å². The van der Waals surface area contributed by atoms with Crippen LogP contribution in [0.5, 0.6) is 0 Å². The van der Waals surface area contributed by atoms with E-state index in [1.54, 1.807) is 25.6 Å². The van der Waals surface area contributed by atoms with Crippen LogP contribution in [0.1, 0.15) is 19.4 Å². The fourth-order valence-electron chi connectivity index (χ4n) is 1.98. The molecule has 1 N–H and O–H groups in total. The molecule has 26 heavy (non-hydrogen) atoms. The second kappa shape index (κ2) is 8.81. The van der Waals surface area contributed by atoms with Crippen LogP contribution in [0.15, 0.2) is 58.6 Å². The summed E-state index contributed by atoms with van der Waals surface area (Å²) in [6.45, 7) is 3.94. The predicted molar refractivity (Wildman–Crippen MR) is 99.4 cm³/mol. The molecule has 0 aliphatic carbocycles. The summed E-state index contributed by atoms with van der Waals surface area (Å²) in [7, 11) is 0. The minimum atomic E-state index is -4.42. The van der Waals surface area contributed by atoms with Crippen molar-refractivity contribution in [3.8, 4) is 0 Å². The summed E-state index contributed by atoms with van der Waals surface area (Å²) in [5, 5.41) is 3.23. The zero-order chi connectivity index (χ0) is 19.2. The summed E-state index contributed by atoms with van der Waals surface area (Å²) in [6, 6.07) is 12.1. The molecule has 0 radical (unpaired) electrons. The van der Waals surface area contributed by atoms with Gasteiger partial charge in [-0.1, -0.05) is 30.0 Å². The van der Waals surface area contributed by atoms with E-state index in [-0.39, 0.29) is 5.91 Å². The van der Waals surface area contributed by atoms with Gasteiger partial charge in [0.1, 0.15) is 0 Å². The highest BCUT2D eigenvalue weighted by molar-refractivity contribution is 8.01. The molecule has 2 aromatic rings. The van der Waals surface area contributed by atoms with Crippen LogP contribution in [0.25, 0.3) is 0 Å². The molecule has 0 unspecified atom stereocenters. The number of pyridine rings is 1. The summed E-state index contributed by atoms with van der Waals surface area (Å²) in [6.07, 6.45) is -3.63. The smallest absolute Gasteiger partial charge is 0.354 e. The van der Waals surface area contributed by atoms with E-state index >= 15 is 0 Å². The van der Waals surface area contributed by atoms with Gasteiger partial charge in [-0.15, -0.1) is 11.8 Å². The quantitative estimate of drug-likeness (QED) is 0.531. The molecular formula is C18H19F3N2OS2. The molecule has 1 amide bonds. The second-order valence-electron chi connectivity index (χ2n) is 5.91. The molecule has 3 nitrogen and oxygen atoms in total. The van der Waals surface area contributed by atoms with Crippen LogP contribution >= 0.6 is 23.5 Å². The van der Waals surface area contributed by atoms with Gasteiger partial charge in [0.15, 0.2) is 0 Å². The lowest BCUT2D eigenvalue weighted by atomic mass is 10.2. The van der Waals surface area contributed by atoms with Crippen molar-refractivity contribution >= 4 is 29.4 Å². The van der Waals surface area contributed by atoms with Crippen molar-refractivity contribution in [3.63, 3.8) is 0 Å². The third-order valence-electron chi connectivity index (χ3n) is 3.37. The molecule has 0 atom stereocenters. The SMILES string of the molecule is CC(C)(Sc1ccc(C(F)(F)F)cn1)C(=O)NCCSc1ccccc1. The Kier molecular flexibility index (Phi) is 7.00. The normalized spacial score (nSPS) is 12.0. The Morgan fingerprint density at radius 2 is 1.81 bits per heavy atom. The lowest BCUT2D eigenvalue weighted by molar-refractivity contribution is -0.137. The van der Waals surface area contributed by atoms with E-state index in [4.69, 9.17) is 0 Å². The maximum Gasteiger partial charge on any atom is 0.417 e. The molecule has 0 fully saturated rings. The predicted octanol–water partition coefficient (Wildman–Crippen LogP) is 4.88. The van der Waals surface area contributed by atoms with Gasteiger partial charge >= 0.3 is 6.18 Å². The minimum Gasteiger partial charge on any atom is -0.354 e. The summed E-state index contributed by atoms with van der Waals surface area (Å²) >= 11 is 2.77. The van der Waals surface area contributed by atoms with E-state index in [0.29, 0.717) is 11.6 Å². The Labute approximate surface area is 159 Å². The van der Waals surface area contributed by atoms with Crippen molar-refractivity contribution in [2.45, 2.75) is 34.7 Å². The van der Waals surface area contributed by atoms with Crippen LogP contribution in [0.4, 0.5) is 13.2 Å². The fraction of sp³-hybridized carbons (Fsp3) is 0.333. The van der Waals surface area contributed by atoms with Gasteiger partial charge in [0.2, 0.25) is 5.91 Å². The summed E-state index contributed by atoms with van der Waals surface area (Å²) in [5.41, 5.74) is -0.804. The lowest BCUT2D eigenvalue weighted by Gasteiger charge is -2.22. The highest BCUT2D eigenvalue weighted by Gasteiger charge is 2.32. The monoisotopic (exact) mass is 400 g/mol. The first kappa shape index (κ1) is 20.6. The van der Waals surface area contributed by atoms with Crippen LogP contribution in [-0.2, 0) is 11.0 Å². The van der Waals surface area contributed by atoms with Gasteiger partial charge in [0, 0.05) is 23.4 Å². The second-order valence-corrected chi connectivity index (χ2v) is 8.72. The molecule has 1 aromatic heterocycles. The number of carbonyl (C=O) groups is 1. The Hall–Kier alpha value is -1.67. The average Bonchev–Trinajstić information content (AvgIpc) is 2.58. The summed E-state index contributed by atoms with van der Waals surface area (Å²) < 4.78 is 36.9. The summed E-state index contributed by atoms with van der Waals surface area (Å²) in [5.74, 6) is 0.549. The molecule has 0 saturated heterocycles. The van der Waals surface area contributed by atoms with E-state index in [1.165, 1.54) is 6.07 Å². The first-order valence-electron chi connectivity index (χ1n) is 7.87. The van der Waals surface area contributed by atoms with E-state index in [9.17, 15) is 18.0 Å². The number of rotatable bonds is 7. The number of hydrogen-bond acceptors (Lipinski definition) is 4. The molecule has 0 bridgehead atoms. The largest absolute Gasteiger partial charge is 0.417 e. The van der Waals surface area contributed by atoms with Crippen molar-refractivity contribution in [1.82, 2.24) is 10.3 Å². The number of benzene rings is 1. The third-order valence-corrected chi connectivity index (χ3v) is 5.53. The first-order valence-corrected chi connectivity index (χ1v) is 9.67. The molecule has 2 rings (SSSR count). The third kappa shape index (κ3) is 6.25. The average molecular weight is 400 g/mol. The number of amides is 1. The van der Waals surface area contributed by atoms with Crippen LogP contribution < -0.4 is 5.32 Å². The number of alkyl halides is 3. The molecule has 0 aliphatic heterocycles. The number of hydrogen-bond donors (Lipinski definition) is 1. The lowest BCUT2D eigenvalue weighted by Crippen LogP contribution is -2.40. The van der Waals surface area contributed by atoms with Gasteiger partial charge < -0.3 is 5.32 Å². The number of carbonyl (C=O) groups excluding carboxylic acids is 1. The molecule has 8 heteroatoms. The van der Waals surface area contributed by atoms with Crippen LogP contribution in [0.3, 0.4) is 0 Å². The Balaban J connectivity index is 1.83. The van der Waals surface area contributed by atoms with Crippen LogP contribution in [0.2, 0.25) is 0 Å². The van der Waals surface area contributed by atoms with Crippen molar-refractivity contribution in [3.05, 3.63) is 54.2 Å². The number of nitrogens with one attached hydrogen (secondary N) is 1. The molecule has 1 heterocycles. The maximum atomic E-state index is 12.6. The highest BCUT2D eigenvalue weighted by atomic mass is 32.2. The van der Waals surface area contributed by atoms with Gasteiger partial charge in [-0.2, -0.15) is 13.2 Å². The standard InChI is InChI=1S/C18H19F3N2OS2/c1-17(2,26-15-9-8-13(12-23-15)18(19,20)21)16(24)22-10-11-25-14-6-4-3-5-7-14/h3-9,12H,10-11H2,1-2H3,(H,22,24). The van der Waals surface area contributed by atoms with E-state index in [0.717, 1.165) is 34.7 Å². The van der Waals surface area contributed by atoms with Gasteiger partial charge in [-0.3, -0.25) is 4.79 Å². The van der Waals surface area contributed by atoms with Crippen LogP contribution in [-0.4, -0.2) is 27.9 Å². The molecule has 0 spiro atoms. The van der Waals surface area contributed by atoms with Crippen molar-refractivity contribution in [2.24, 2.45) is 0 Å².